The number of nitrogens with zero attached hydrogens (tertiary/aromatic N) is 5. The van der Waals surface area contributed by atoms with E-state index in [0.717, 1.165) is 38.3 Å². The lowest BCUT2D eigenvalue weighted by Gasteiger charge is -2.07. The lowest BCUT2D eigenvalue weighted by atomic mass is 10.0. The Kier molecular flexibility index (Phi) is 4.17. The van der Waals surface area contributed by atoms with Crippen molar-refractivity contribution in [3.8, 4) is 29.0 Å². The Labute approximate surface area is 204 Å². The number of hydrogen-bond acceptors (Lipinski definition) is 5. The van der Waals surface area contributed by atoms with Crippen LogP contribution in [0.25, 0.3) is 60.6 Å². The van der Waals surface area contributed by atoms with Gasteiger partial charge in [0.2, 0.25) is 0 Å². The van der Waals surface area contributed by atoms with Crippen LogP contribution < -0.4 is 0 Å². The van der Waals surface area contributed by atoms with Gasteiger partial charge in [0.15, 0.2) is 5.58 Å². The fourth-order valence-corrected chi connectivity index (χ4v) is 5.05. The second-order valence-electron chi connectivity index (χ2n) is 8.59. The summed E-state index contributed by atoms with van der Waals surface area (Å²) in [5.41, 5.74) is 6.51. The summed E-state index contributed by atoms with van der Waals surface area (Å²) in [7, 11) is 0. The second kappa shape index (κ2) is 7.53. The van der Waals surface area contributed by atoms with Crippen LogP contribution in [0.3, 0.4) is 0 Å². The minimum absolute atomic E-state index is 0.407. The van der Waals surface area contributed by atoms with Gasteiger partial charge in [0.05, 0.1) is 45.9 Å². The molecule has 0 amide bonds. The van der Waals surface area contributed by atoms with Crippen LogP contribution in [-0.2, 0) is 0 Å². The SMILES string of the molecule is N#Cc1cc(C#N)cc(-c2cncc3c2oc2c(-n4c5ccccc5c5ccccc54)cncc23)c1. The molecular weight excluding hydrogens is 446 g/mol. The van der Waals surface area contributed by atoms with Gasteiger partial charge in [-0.2, -0.15) is 10.5 Å². The Hall–Kier alpha value is -5.46. The normalized spacial score (nSPS) is 11.3. The molecule has 0 unspecified atom stereocenters. The zero-order valence-corrected chi connectivity index (χ0v) is 18.8. The third-order valence-electron chi connectivity index (χ3n) is 6.59. The van der Waals surface area contributed by atoms with E-state index >= 15 is 0 Å². The number of fused-ring (bicyclic) bond motifs is 6. The van der Waals surface area contributed by atoms with E-state index in [9.17, 15) is 10.5 Å². The number of hydrogen-bond donors (Lipinski definition) is 0. The zero-order chi connectivity index (χ0) is 24.2. The van der Waals surface area contributed by atoms with Gasteiger partial charge in [-0.15, -0.1) is 0 Å². The fourth-order valence-electron chi connectivity index (χ4n) is 5.05. The van der Waals surface area contributed by atoms with Crippen molar-refractivity contribution in [2.24, 2.45) is 0 Å². The molecule has 166 valence electrons. The van der Waals surface area contributed by atoms with E-state index in [0.29, 0.717) is 33.4 Å². The minimum atomic E-state index is 0.407. The van der Waals surface area contributed by atoms with Crippen LogP contribution in [0.4, 0.5) is 0 Å². The summed E-state index contributed by atoms with van der Waals surface area (Å²) in [5, 5.41) is 22.9. The number of benzene rings is 3. The molecule has 0 bridgehead atoms. The van der Waals surface area contributed by atoms with E-state index in [-0.39, 0.29) is 0 Å². The van der Waals surface area contributed by atoms with Crippen LogP contribution in [-0.4, -0.2) is 14.5 Å². The Balaban J connectivity index is 1.57. The monoisotopic (exact) mass is 461 g/mol. The van der Waals surface area contributed by atoms with Crippen molar-refractivity contribution in [2.75, 3.05) is 0 Å². The summed E-state index contributed by atoms with van der Waals surface area (Å²) < 4.78 is 8.75. The van der Waals surface area contributed by atoms with E-state index < -0.39 is 0 Å². The molecule has 7 rings (SSSR count). The average Bonchev–Trinajstić information content (AvgIpc) is 3.49. The molecule has 3 aromatic carbocycles. The molecule has 0 N–H and O–H groups in total. The van der Waals surface area contributed by atoms with Gasteiger partial charge < -0.3 is 8.98 Å². The molecule has 4 heterocycles. The van der Waals surface area contributed by atoms with Gasteiger partial charge in [0.1, 0.15) is 11.3 Å². The number of aromatic nitrogens is 3. The van der Waals surface area contributed by atoms with Crippen molar-refractivity contribution >= 4 is 43.7 Å². The highest BCUT2D eigenvalue weighted by Crippen LogP contribution is 2.39. The lowest BCUT2D eigenvalue weighted by molar-refractivity contribution is 0.666. The molecule has 0 saturated heterocycles. The van der Waals surface area contributed by atoms with Crippen LogP contribution in [0.1, 0.15) is 11.1 Å². The number of para-hydroxylation sites is 2. The highest BCUT2D eigenvalue weighted by molar-refractivity contribution is 6.13. The van der Waals surface area contributed by atoms with Crippen LogP contribution in [0.15, 0.2) is 95.9 Å². The maximum Gasteiger partial charge on any atom is 0.162 e. The van der Waals surface area contributed by atoms with Gasteiger partial charge in [-0.3, -0.25) is 9.97 Å². The Morgan fingerprint density at radius 3 is 1.86 bits per heavy atom. The van der Waals surface area contributed by atoms with E-state index in [1.807, 2.05) is 30.5 Å². The Morgan fingerprint density at radius 1 is 0.639 bits per heavy atom. The highest BCUT2D eigenvalue weighted by Gasteiger charge is 2.20. The maximum atomic E-state index is 9.46. The van der Waals surface area contributed by atoms with Crippen molar-refractivity contribution < 1.29 is 4.42 Å². The quantitative estimate of drug-likeness (QED) is 0.280. The van der Waals surface area contributed by atoms with Gasteiger partial charge in [-0.05, 0) is 35.9 Å². The molecule has 0 aliphatic heterocycles. The average molecular weight is 461 g/mol. The first kappa shape index (κ1) is 20.0. The number of rotatable bonds is 2. The molecule has 0 aliphatic rings. The molecule has 0 fully saturated rings. The summed E-state index contributed by atoms with van der Waals surface area (Å²) in [6.07, 6.45) is 7.08. The zero-order valence-electron chi connectivity index (χ0n) is 18.8. The Bertz CT molecular complexity index is 2000. The van der Waals surface area contributed by atoms with E-state index in [2.05, 4.69) is 50.9 Å². The predicted octanol–water partition coefficient (Wildman–Crippen LogP) is 6.88. The van der Waals surface area contributed by atoms with Gasteiger partial charge in [0.25, 0.3) is 0 Å². The molecule has 6 nitrogen and oxygen atoms in total. The van der Waals surface area contributed by atoms with Crippen LogP contribution in [0.2, 0.25) is 0 Å². The van der Waals surface area contributed by atoms with Gasteiger partial charge in [-0.1, -0.05) is 36.4 Å². The number of pyridine rings is 2. The van der Waals surface area contributed by atoms with E-state index in [4.69, 9.17) is 4.42 Å². The summed E-state index contributed by atoms with van der Waals surface area (Å²) in [4.78, 5) is 9.02. The van der Waals surface area contributed by atoms with Crippen LogP contribution >= 0.6 is 0 Å². The molecule has 0 spiro atoms. The van der Waals surface area contributed by atoms with Crippen molar-refractivity contribution in [1.82, 2.24) is 14.5 Å². The molecule has 0 atom stereocenters. The topological polar surface area (TPSA) is 91.4 Å². The molecule has 0 saturated carbocycles. The third kappa shape index (κ3) is 2.76. The molecule has 0 aliphatic carbocycles. The summed E-state index contributed by atoms with van der Waals surface area (Å²) in [6.45, 7) is 0. The molecular formula is C30H15N5O. The number of furan rings is 1. The van der Waals surface area contributed by atoms with E-state index in [1.54, 1.807) is 36.8 Å². The minimum Gasteiger partial charge on any atom is -0.453 e. The Morgan fingerprint density at radius 2 is 1.22 bits per heavy atom. The molecule has 6 heteroatoms. The number of nitriles is 2. The molecule has 0 radical (unpaired) electrons. The summed E-state index contributed by atoms with van der Waals surface area (Å²) in [6, 6.07) is 25.9. The predicted molar refractivity (Wildman–Crippen MR) is 139 cm³/mol. The largest absolute Gasteiger partial charge is 0.453 e. The van der Waals surface area contributed by atoms with Gasteiger partial charge >= 0.3 is 0 Å². The van der Waals surface area contributed by atoms with Crippen molar-refractivity contribution in [1.29, 1.82) is 10.5 Å². The first-order valence-electron chi connectivity index (χ1n) is 11.4. The van der Waals surface area contributed by atoms with Crippen molar-refractivity contribution in [3.05, 3.63) is 103 Å². The molecule has 4 aromatic heterocycles. The maximum absolute atomic E-state index is 9.46. The fraction of sp³-hybridized carbons (Fsp3) is 0. The van der Waals surface area contributed by atoms with Crippen LogP contribution in [0, 0.1) is 22.7 Å². The summed E-state index contributed by atoms with van der Waals surface area (Å²) in [5.74, 6) is 0. The second-order valence-corrected chi connectivity index (χ2v) is 8.59. The molecule has 7 aromatic rings. The summed E-state index contributed by atoms with van der Waals surface area (Å²) >= 11 is 0. The highest BCUT2D eigenvalue weighted by atomic mass is 16.3. The third-order valence-corrected chi connectivity index (χ3v) is 6.59. The standard InChI is InChI=1S/C30H15N5O/c31-12-18-9-19(13-32)11-20(10-18)23-14-33-15-24-25-16-34-17-28(30(25)36-29(23)24)35-26-7-3-1-5-21(26)22-6-2-4-8-27(22)35/h1-11,14-17H. The smallest absolute Gasteiger partial charge is 0.162 e. The van der Waals surface area contributed by atoms with Gasteiger partial charge in [0, 0.05) is 40.3 Å². The lowest BCUT2D eigenvalue weighted by Crippen LogP contribution is -1.95. The molecule has 36 heavy (non-hydrogen) atoms. The first-order chi connectivity index (χ1) is 17.8. The van der Waals surface area contributed by atoms with Crippen LogP contribution in [0.5, 0.6) is 0 Å². The van der Waals surface area contributed by atoms with Crippen molar-refractivity contribution in [3.63, 3.8) is 0 Å². The first-order valence-corrected chi connectivity index (χ1v) is 11.4. The van der Waals surface area contributed by atoms with Gasteiger partial charge in [-0.25, -0.2) is 0 Å². The van der Waals surface area contributed by atoms with Crippen molar-refractivity contribution in [2.45, 2.75) is 0 Å². The van der Waals surface area contributed by atoms with E-state index in [1.165, 1.54) is 0 Å².